The lowest BCUT2D eigenvalue weighted by Gasteiger charge is -2.38. The predicted molar refractivity (Wildman–Crippen MR) is 113 cm³/mol. The molecule has 3 N–H and O–H groups in total. The fourth-order valence-corrected chi connectivity index (χ4v) is 5.74. The summed E-state index contributed by atoms with van der Waals surface area (Å²) in [5.41, 5.74) is 5.90. The highest BCUT2D eigenvalue weighted by Crippen LogP contribution is 2.32. The van der Waals surface area contributed by atoms with Gasteiger partial charge in [-0.2, -0.15) is 4.31 Å². The zero-order valence-electron chi connectivity index (χ0n) is 16.5. The van der Waals surface area contributed by atoms with Crippen molar-refractivity contribution < 1.29 is 13.2 Å². The molecule has 0 radical (unpaired) electrons. The van der Waals surface area contributed by atoms with E-state index >= 15 is 0 Å². The first-order chi connectivity index (χ1) is 12.8. The number of piperidine rings is 1. The molecule has 0 bridgehead atoms. The summed E-state index contributed by atoms with van der Waals surface area (Å²) in [5.74, 6) is 0.243. The number of amides is 1. The van der Waals surface area contributed by atoms with Crippen LogP contribution in [0.3, 0.4) is 0 Å². The lowest BCUT2D eigenvalue weighted by Crippen LogP contribution is -2.53. The second-order valence-corrected chi connectivity index (χ2v) is 10.1. The Balaban J connectivity index is 0.00000280. The molecule has 1 amide bonds. The Morgan fingerprint density at radius 2 is 1.82 bits per heavy atom. The number of nitrogens with zero attached hydrogens (tertiary/aromatic N) is 1. The smallest absolute Gasteiger partial charge is 0.243 e. The van der Waals surface area contributed by atoms with E-state index in [1.165, 1.54) is 0 Å². The zero-order valence-corrected chi connectivity index (χ0v) is 18.1. The van der Waals surface area contributed by atoms with E-state index in [1.807, 2.05) is 13.0 Å². The Labute approximate surface area is 174 Å². The molecule has 2 fully saturated rings. The average molecular weight is 430 g/mol. The summed E-state index contributed by atoms with van der Waals surface area (Å²) in [5, 5.41) is 3.08. The molecule has 6 nitrogen and oxygen atoms in total. The molecule has 158 valence electrons. The first kappa shape index (κ1) is 23.1. The molecule has 3 rings (SSSR count). The van der Waals surface area contributed by atoms with Gasteiger partial charge in [0.1, 0.15) is 0 Å². The van der Waals surface area contributed by atoms with Crippen LogP contribution in [-0.4, -0.2) is 43.8 Å². The Hall–Kier alpha value is -1.15. The van der Waals surface area contributed by atoms with Crippen molar-refractivity contribution in [3.63, 3.8) is 0 Å². The molecule has 0 spiro atoms. The molecule has 1 heterocycles. The highest BCUT2D eigenvalue weighted by molar-refractivity contribution is 7.89. The van der Waals surface area contributed by atoms with Crippen LogP contribution in [0.5, 0.6) is 0 Å². The van der Waals surface area contributed by atoms with Gasteiger partial charge in [0.15, 0.2) is 0 Å². The molecular formula is C20H32ClN3O3S. The minimum atomic E-state index is -3.42. The number of carbonyl (C=O) groups excluding carboxylic acids is 1. The Morgan fingerprint density at radius 3 is 2.43 bits per heavy atom. The van der Waals surface area contributed by atoms with Gasteiger partial charge < -0.3 is 11.1 Å². The van der Waals surface area contributed by atoms with E-state index in [2.05, 4.69) is 5.32 Å². The summed E-state index contributed by atoms with van der Waals surface area (Å²) in [6.07, 6.45) is 5.41. The van der Waals surface area contributed by atoms with Gasteiger partial charge in [-0.25, -0.2) is 8.42 Å². The number of rotatable bonds is 5. The van der Waals surface area contributed by atoms with Crippen LogP contribution >= 0.6 is 12.4 Å². The maximum Gasteiger partial charge on any atom is 0.243 e. The van der Waals surface area contributed by atoms with Crippen LogP contribution in [0.4, 0.5) is 0 Å². The van der Waals surface area contributed by atoms with Gasteiger partial charge in [0.05, 0.1) is 10.8 Å². The number of nitrogens with one attached hydrogen (secondary N) is 1. The molecule has 0 aromatic heterocycles. The van der Waals surface area contributed by atoms with Crippen molar-refractivity contribution in [3.05, 3.63) is 30.3 Å². The van der Waals surface area contributed by atoms with Crippen LogP contribution in [0.2, 0.25) is 0 Å². The topological polar surface area (TPSA) is 92.5 Å². The summed E-state index contributed by atoms with van der Waals surface area (Å²) in [4.78, 5) is 12.9. The summed E-state index contributed by atoms with van der Waals surface area (Å²) < 4.78 is 26.9. The van der Waals surface area contributed by atoms with Gasteiger partial charge >= 0.3 is 0 Å². The quantitative estimate of drug-likeness (QED) is 0.752. The molecule has 1 aromatic rings. The van der Waals surface area contributed by atoms with Crippen molar-refractivity contribution in [3.8, 4) is 0 Å². The molecule has 1 aliphatic carbocycles. The normalized spacial score (nSPS) is 27.0. The first-order valence-electron chi connectivity index (χ1n) is 9.92. The van der Waals surface area contributed by atoms with Crippen LogP contribution in [0.25, 0.3) is 0 Å². The van der Waals surface area contributed by atoms with Gasteiger partial charge in [0, 0.05) is 25.2 Å². The summed E-state index contributed by atoms with van der Waals surface area (Å²) in [7, 11) is -3.42. The van der Waals surface area contributed by atoms with Crippen molar-refractivity contribution in [2.75, 3.05) is 19.6 Å². The standard InChI is InChI=1S/C20H31N3O3S.ClH/c1-20(21)12-6-5-9-18(20)19(24)22-15-16-10-13-23(14-11-16)27(25,26)17-7-3-2-4-8-17;/h2-4,7-8,16,18H,5-6,9-15,21H2,1H3,(H,22,24);1H. The molecular weight excluding hydrogens is 398 g/mol. The monoisotopic (exact) mass is 429 g/mol. The fourth-order valence-electron chi connectivity index (χ4n) is 4.25. The lowest BCUT2D eigenvalue weighted by molar-refractivity contribution is -0.128. The summed E-state index contributed by atoms with van der Waals surface area (Å²) >= 11 is 0. The van der Waals surface area contributed by atoms with Crippen LogP contribution in [0.15, 0.2) is 35.2 Å². The van der Waals surface area contributed by atoms with Crippen LogP contribution in [0, 0.1) is 11.8 Å². The molecule has 2 unspecified atom stereocenters. The van der Waals surface area contributed by atoms with Gasteiger partial charge in [0.2, 0.25) is 15.9 Å². The first-order valence-corrected chi connectivity index (χ1v) is 11.4. The van der Waals surface area contributed by atoms with Gasteiger partial charge in [-0.1, -0.05) is 31.0 Å². The van der Waals surface area contributed by atoms with Gasteiger partial charge in [-0.15, -0.1) is 12.4 Å². The second kappa shape index (κ2) is 9.57. The van der Waals surface area contributed by atoms with Gasteiger partial charge in [-0.3, -0.25) is 4.79 Å². The van der Waals surface area contributed by atoms with E-state index in [0.717, 1.165) is 38.5 Å². The van der Waals surface area contributed by atoms with Crippen molar-refractivity contribution in [1.29, 1.82) is 0 Å². The van der Waals surface area contributed by atoms with E-state index in [4.69, 9.17) is 5.73 Å². The second-order valence-electron chi connectivity index (χ2n) is 8.21. The van der Waals surface area contributed by atoms with Crippen molar-refractivity contribution in [2.45, 2.75) is 55.9 Å². The number of benzene rings is 1. The molecule has 1 saturated heterocycles. The molecule has 2 atom stereocenters. The third kappa shape index (κ3) is 5.26. The summed E-state index contributed by atoms with van der Waals surface area (Å²) in [6.45, 7) is 3.57. The van der Waals surface area contributed by atoms with E-state index in [1.54, 1.807) is 28.6 Å². The molecule has 1 aliphatic heterocycles. The maximum absolute atomic E-state index is 12.7. The third-order valence-electron chi connectivity index (χ3n) is 6.09. The average Bonchev–Trinajstić information content (AvgIpc) is 2.67. The van der Waals surface area contributed by atoms with Crippen LogP contribution in [0.1, 0.15) is 45.4 Å². The van der Waals surface area contributed by atoms with Gasteiger partial charge in [-0.05, 0) is 50.7 Å². The molecule has 1 saturated carbocycles. The van der Waals surface area contributed by atoms with E-state index in [9.17, 15) is 13.2 Å². The van der Waals surface area contributed by atoms with Crippen LogP contribution in [-0.2, 0) is 14.8 Å². The van der Waals surface area contributed by atoms with Crippen molar-refractivity contribution >= 4 is 28.3 Å². The number of halogens is 1. The molecule has 1 aromatic carbocycles. The maximum atomic E-state index is 12.7. The number of hydrogen-bond donors (Lipinski definition) is 2. The van der Waals surface area contributed by atoms with E-state index in [-0.39, 0.29) is 24.2 Å². The van der Waals surface area contributed by atoms with Crippen molar-refractivity contribution in [2.24, 2.45) is 17.6 Å². The minimum Gasteiger partial charge on any atom is -0.356 e. The highest BCUT2D eigenvalue weighted by atomic mass is 35.5. The Bertz CT molecular complexity index is 747. The number of carbonyl (C=O) groups is 1. The number of nitrogens with two attached hydrogens (primary N) is 1. The van der Waals surface area contributed by atoms with Crippen LogP contribution < -0.4 is 11.1 Å². The number of hydrogen-bond acceptors (Lipinski definition) is 4. The fraction of sp³-hybridized carbons (Fsp3) is 0.650. The third-order valence-corrected chi connectivity index (χ3v) is 8.00. The van der Waals surface area contributed by atoms with Crippen molar-refractivity contribution in [1.82, 2.24) is 9.62 Å². The largest absolute Gasteiger partial charge is 0.356 e. The minimum absolute atomic E-state index is 0. The molecule has 28 heavy (non-hydrogen) atoms. The molecule has 8 heteroatoms. The zero-order chi connectivity index (χ0) is 19.5. The van der Waals surface area contributed by atoms with E-state index in [0.29, 0.717) is 30.4 Å². The van der Waals surface area contributed by atoms with Gasteiger partial charge in [0.25, 0.3) is 0 Å². The number of sulfonamides is 1. The van der Waals surface area contributed by atoms with E-state index < -0.39 is 15.6 Å². The molecule has 2 aliphatic rings. The summed E-state index contributed by atoms with van der Waals surface area (Å²) in [6, 6.07) is 8.56. The highest BCUT2D eigenvalue weighted by Gasteiger charge is 2.38. The lowest BCUT2D eigenvalue weighted by atomic mass is 9.74. The Morgan fingerprint density at radius 1 is 1.18 bits per heavy atom. The Kier molecular flexibility index (Phi) is 7.90. The predicted octanol–water partition coefficient (Wildman–Crippen LogP) is 2.53. The SMILES string of the molecule is CC1(N)CCCCC1C(=O)NCC1CCN(S(=O)(=O)c2ccccc2)CC1.Cl.